The SMILES string of the molecule is CNCC1CCN(c2c(F)cc(F)cc2F)C1. The summed E-state index contributed by atoms with van der Waals surface area (Å²) >= 11 is 0. The Bertz CT molecular complexity index is 386. The highest BCUT2D eigenvalue weighted by Gasteiger charge is 2.26. The Kier molecular flexibility index (Phi) is 3.57. The first kappa shape index (κ1) is 12.2. The van der Waals surface area contributed by atoms with Gasteiger partial charge in [-0.25, -0.2) is 13.2 Å². The van der Waals surface area contributed by atoms with E-state index in [0.717, 1.165) is 25.1 Å². The Morgan fingerprint density at radius 3 is 2.53 bits per heavy atom. The van der Waals surface area contributed by atoms with Gasteiger partial charge in [-0.05, 0) is 25.9 Å². The first-order valence-electron chi connectivity index (χ1n) is 5.66. The standard InChI is InChI=1S/C12H15F3N2/c1-16-6-8-2-3-17(7-8)12-10(14)4-9(13)5-11(12)15/h4-5,8,16H,2-3,6-7H2,1H3. The Hall–Kier alpha value is -1.23. The third kappa shape index (κ3) is 2.54. The zero-order valence-electron chi connectivity index (χ0n) is 9.64. The summed E-state index contributed by atoms with van der Waals surface area (Å²) in [6.45, 7) is 2.02. The molecule has 1 N–H and O–H groups in total. The first-order chi connectivity index (χ1) is 8.11. The second-order valence-electron chi connectivity index (χ2n) is 4.38. The minimum absolute atomic E-state index is 0.106. The largest absolute Gasteiger partial charge is 0.366 e. The van der Waals surface area contributed by atoms with E-state index < -0.39 is 17.5 Å². The Morgan fingerprint density at radius 2 is 1.94 bits per heavy atom. The summed E-state index contributed by atoms with van der Waals surface area (Å²) < 4.78 is 39.9. The second-order valence-corrected chi connectivity index (χ2v) is 4.38. The summed E-state index contributed by atoms with van der Waals surface area (Å²) in [5.74, 6) is -2.15. The van der Waals surface area contributed by atoms with E-state index in [4.69, 9.17) is 0 Å². The van der Waals surface area contributed by atoms with Gasteiger partial charge in [-0.2, -0.15) is 0 Å². The quantitative estimate of drug-likeness (QED) is 0.876. The molecule has 0 bridgehead atoms. The number of hydrogen-bond donors (Lipinski definition) is 1. The van der Waals surface area contributed by atoms with Gasteiger partial charge in [0.05, 0.1) is 0 Å². The van der Waals surface area contributed by atoms with Crippen molar-refractivity contribution in [2.45, 2.75) is 6.42 Å². The van der Waals surface area contributed by atoms with Gasteiger partial charge in [0.15, 0.2) is 11.6 Å². The molecule has 2 rings (SSSR count). The zero-order chi connectivity index (χ0) is 12.4. The molecule has 1 aromatic carbocycles. The molecule has 1 heterocycles. The molecule has 0 radical (unpaired) electrons. The number of benzene rings is 1. The Morgan fingerprint density at radius 1 is 1.29 bits per heavy atom. The van der Waals surface area contributed by atoms with E-state index in [-0.39, 0.29) is 5.69 Å². The molecule has 1 aliphatic heterocycles. The van der Waals surface area contributed by atoms with Crippen LogP contribution < -0.4 is 10.2 Å². The molecule has 2 nitrogen and oxygen atoms in total. The third-order valence-electron chi connectivity index (χ3n) is 3.08. The van der Waals surface area contributed by atoms with E-state index >= 15 is 0 Å². The summed E-state index contributed by atoms with van der Waals surface area (Å²) in [6, 6.07) is 1.45. The lowest BCUT2D eigenvalue weighted by Gasteiger charge is -2.20. The second kappa shape index (κ2) is 4.96. The maximum Gasteiger partial charge on any atom is 0.152 e. The first-order valence-corrected chi connectivity index (χ1v) is 5.66. The maximum absolute atomic E-state index is 13.5. The normalized spacial score (nSPS) is 20.0. The maximum atomic E-state index is 13.5. The van der Waals surface area contributed by atoms with Crippen LogP contribution in [-0.2, 0) is 0 Å². The molecule has 0 saturated carbocycles. The summed E-state index contributed by atoms with van der Waals surface area (Å²) in [5, 5.41) is 3.05. The van der Waals surface area contributed by atoms with E-state index in [1.54, 1.807) is 4.90 Å². The fourth-order valence-corrected chi connectivity index (χ4v) is 2.33. The zero-order valence-corrected chi connectivity index (χ0v) is 9.64. The highest BCUT2D eigenvalue weighted by molar-refractivity contribution is 5.50. The van der Waals surface area contributed by atoms with Crippen molar-refractivity contribution in [2.75, 3.05) is 31.6 Å². The van der Waals surface area contributed by atoms with Gasteiger partial charge >= 0.3 is 0 Å². The van der Waals surface area contributed by atoms with Gasteiger partial charge in [0.1, 0.15) is 11.5 Å². The molecule has 0 aromatic heterocycles. The van der Waals surface area contributed by atoms with Gasteiger partial charge in [-0.3, -0.25) is 0 Å². The van der Waals surface area contributed by atoms with Crippen molar-refractivity contribution in [1.82, 2.24) is 5.32 Å². The molecular formula is C12H15F3N2. The van der Waals surface area contributed by atoms with Crippen LogP contribution in [-0.4, -0.2) is 26.7 Å². The number of rotatable bonds is 3. The van der Waals surface area contributed by atoms with E-state index in [0.29, 0.717) is 19.0 Å². The van der Waals surface area contributed by atoms with Crippen LogP contribution in [0.5, 0.6) is 0 Å². The number of nitrogens with one attached hydrogen (secondary N) is 1. The van der Waals surface area contributed by atoms with Crippen LogP contribution in [0.3, 0.4) is 0 Å². The van der Waals surface area contributed by atoms with Crippen molar-refractivity contribution in [3.05, 3.63) is 29.6 Å². The molecule has 94 valence electrons. The van der Waals surface area contributed by atoms with E-state index in [1.165, 1.54) is 0 Å². The van der Waals surface area contributed by atoms with E-state index in [2.05, 4.69) is 5.32 Å². The highest BCUT2D eigenvalue weighted by atomic mass is 19.1. The third-order valence-corrected chi connectivity index (χ3v) is 3.08. The summed E-state index contributed by atoms with van der Waals surface area (Å²) in [6.07, 6.45) is 0.886. The highest BCUT2D eigenvalue weighted by Crippen LogP contribution is 2.29. The lowest BCUT2D eigenvalue weighted by Crippen LogP contribution is -2.25. The average Bonchev–Trinajstić information content (AvgIpc) is 2.65. The monoisotopic (exact) mass is 244 g/mol. The van der Waals surface area contributed by atoms with Gasteiger partial charge in [0.25, 0.3) is 0 Å². The van der Waals surface area contributed by atoms with Crippen LogP contribution in [0, 0.1) is 23.4 Å². The molecular weight excluding hydrogens is 229 g/mol. The van der Waals surface area contributed by atoms with E-state index in [1.807, 2.05) is 7.05 Å². The van der Waals surface area contributed by atoms with Crippen LogP contribution in [0.25, 0.3) is 0 Å². The van der Waals surface area contributed by atoms with Gasteiger partial charge < -0.3 is 10.2 Å². The fraction of sp³-hybridized carbons (Fsp3) is 0.500. The predicted molar refractivity (Wildman–Crippen MR) is 60.6 cm³/mol. The van der Waals surface area contributed by atoms with Crippen LogP contribution in [0.1, 0.15) is 6.42 Å². The molecule has 5 heteroatoms. The lowest BCUT2D eigenvalue weighted by molar-refractivity contribution is 0.532. The minimum atomic E-state index is -0.880. The molecule has 1 aliphatic rings. The molecule has 1 unspecified atom stereocenters. The predicted octanol–water partition coefficient (Wildman–Crippen LogP) is 2.15. The van der Waals surface area contributed by atoms with Crippen molar-refractivity contribution in [3.63, 3.8) is 0 Å². The molecule has 0 aliphatic carbocycles. The molecule has 0 spiro atoms. The molecule has 0 amide bonds. The van der Waals surface area contributed by atoms with Crippen molar-refractivity contribution in [3.8, 4) is 0 Å². The molecule has 17 heavy (non-hydrogen) atoms. The van der Waals surface area contributed by atoms with Gasteiger partial charge in [0, 0.05) is 25.2 Å². The summed E-state index contributed by atoms with van der Waals surface area (Å²) in [5.41, 5.74) is -0.106. The fourth-order valence-electron chi connectivity index (χ4n) is 2.33. The van der Waals surface area contributed by atoms with Crippen molar-refractivity contribution >= 4 is 5.69 Å². The van der Waals surface area contributed by atoms with E-state index in [9.17, 15) is 13.2 Å². The number of hydrogen-bond acceptors (Lipinski definition) is 2. The minimum Gasteiger partial charge on any atom is -0.366 e. The van der Waals surface area contributed by atoms with Gasteiger partial charge in [0.2, 0.25) is 0 Å². The number of anilines is 1. The van der Waals surface area contributed by atoms with Crippen molar-refractivity contribution < 1.29 is 13.2 Å². The summed E-state index contributed by atoms with van der Waals surface area (Å²) in [4.78, 5) is 1.64. The molecule has 1 atom stereocenters. The average molecular weight is 244 g/mol. The van der Waals surface area contributed by atoms with Crippen LogP contribution in [0.4, 0.5) is 18.9 Å². The smallest absolute Gasteiger partial charge is 0.152 e. The topological polar surface area (TPSA) is 15.3 Å². The van der Waals surface area contributed by atoms with Crippen LogP contribution in [0.2, 0.25) is 0 Å². The molecule has 1 saturated heterocycles. The lowest BCUT2D eigenvalue weighted by atomic mass is 10.1. The molecule has 1 aromatic rings. The Balaban J connectivity index is 2.19. The Labute approximate surface area is 98.4 Å². The van der Waals surface area contributed by atoms with Gasteiger partial charge in [-0.1, -0.05) is 0 Å². The van der Waals surface area contributed by atoms with Crippen molar-refractivity contribution in [1.29, 1.82) is 0 Å². The van der Waals surface area contributed by atoms with Gasteiger partial charge in [-0.15, -0.1) is 0 Å². The van der Waals surface area contributed by atoms with Crippen LogP contribution >= 0.6 is 0 Å². The number of nitrogens with zero attached hydrogens (tertiary/aromatic N) is 1. The number of halogens is 3. The van der Waals surface area contributed by atoms with Crippen molar-refractivity contribution in [2.24, 2.45) is 5.92 Å². The molecule has 1 fully saturated rings. The summed E-state index contributed by atoms with van der Waals surface area (Å²) in [7, 11) is 1.85. The van der Waals surface area contributed by atoms with Crippen LogP contribution in [0.15, 0.2) is 12.1 Å².